The lowest BCUT2D eigenvalue weighted by Gasteiger charge is -2.12. The van der Waals surface area contributed by atoms with E-state index in [4.69, 9.17) is 4.42 Å². The van der Waals surface area contributed by atoms with Crippen molar-refractivity contribution in [3.63, 3.8) is 0 Å². The fourth-order valence-electron chi connectivity index (χ4n) is 2.23. The molecule has 2 heterocycles. The van der Waals surface area contributed by atoms with Crippen LogP contribution in [-0.2, 0) is 16.1 Å². The number of rotatable bonds is 7. The molecule has 0 aliphatic carbocycles. The molecule has 3 aromatic rings. The van der Waals surface area contributed by atoms with Crippen molar-refractivity contribution in [1.29, 1.82) is 0 Å². The second-order valence-corrected chi connectivity index (χ2v) is 7.01. The summed E-state index contributed by atoms with van der Waals surface area (Å²) in [6.07, 6.45) is 1.58. The number of hydrogen-bond donors (Lipinski definition) is 2. The Hall–Kier alpha value is -3.14. The monoisotopic (exact) mass is 386 g/mol. The summed E-state index contributed by atoms with van der Waals surface area (Å²) in [5, 5.41) is 17.2. The Morgan fingerprint density at radius 3 is 2.52 bits per heavy atom. The topological polar surface area (TPSA) is 115 Å². The molecule has 9 nitrogen and oxygen atoms in total. The molecular formula is C17H18N6O3S. The molecule has 2 aromatic heterocycles. The number of hydrogen-bond acceptors (Lipinski definition) is 7. The first-order valence-electron chi connectivity index (χ1n) is 8.15. The molecule has 140 valence electrons. The first kappa shape index (κ1) is 18.6. The maximum atomic E-state index is 12.4. The summed E-state index contributed by atoms with van der Waals surface area (Å²) in [4.78, 5) is 23.5. The molecule has 2 N–H and O–H groups in total. The van der Waals surface area contributed by atoms with Crippen molar-refractivity contribution in [3.8, 4) is 0 Å². The molecule has 0 aliphatic rings. The summed E-state index contributed by atoms with van der Waals surface area (Å²) < 4.78 is 6.87. The largest absolute Gasteiger partial charge is 0.467 e. The highest BCUT2D eigenvalue weighted by molar-refractivity contribution is 8.00. The number of benzene rings is 1. The molecule has 3 rings (SSSR count). The van der Waals surface area contributed by atoms with Gasteiger partial charge in [0.05, 0.1) is 11.5 Å². The Balaban J connectivity index is 1.58. The number of carbonyl (C=O) groups is 2. The van der Waals surface area contributed by atoms with Crippen molar-refractivity contribution in [2.75, 3.05) is 10.6 Å². The van der Waals surface area contributed by atoms with E-state index in [0.29, 0.717) is 23.1 Å². The summed E-state index contributed by atoms with van der Waals surface area (Å²) in [6, 6.07) is 10.5. The lowest BCUT2D eigenvalue weighted by atomic mass is 10.2. The van der Waals surface area contributed by atoms with Gasteiger partial charge in [0, 0.05) is 18.3 Å². The number of aromatic nitrogens is 4. The second kappa shape index (κ2) is 8.49. The predicted molar refractivity (Wildman–Crippen MR) is 100 cm³/mol. The number of thioether (sulfide) groups is 1. The fraction of sp³-hybridized carbons (Fsp3) is 0.235. The van der Waals surface area contributed by atoms with Gasteiger partial charge in [-0.15, -0.1) is 5.10 Å². The van der Waals surface area contributed by atoms with Gasteiger partial charge in [-0.2, -0.15) is 0 Å². The summed E-state index contributed by atoms with van der Waals surface area (Å²) in [5.74, 6) is 0.393. The van der Waals surface area contributed by atoms with Crippen molar-refractivity contribution in [2.24, 2.45) is 0 Å². The number of amides is 2. The lowest BCUT2D eigenvalue weighted by Crippen LogP contribution is -2.23. The quantitative estimate of drug-likeness (QED) is 0.599. The molecule has 27 heavy (non-hydrogen) atoms. The van der Waals surface area contributed by atoms with Gasteiger partial charge in [0.25, 0.3) is 0 Å². The summed E-state index contributed by atoms with van der Waals surface area (Å²) in [7, 11) is 0. The van der Waals surface area contributed by atoms with Crippen molar-refractivity contribution in [2.45, 2.75) is 30.8 Å². The molecule has 0 aliphatic heterocycles. The average Bonchev–Trinajstić information content (AvgIpc) is 3.29. The van der Waals surface area contributed by atoms with Crippen molar-refractivity contribution in [1.82, 2.24) is 20.2 Å². The first-order chi connectivity index (χ1) is 13.0. The third-order valence-electron chi connectivity index (χ3n) is 3.51. The summed E-state index contributed by atoms with van der Waals surface area (Å²) >= 11 is 1.25. The molecule has 0 bridgehead atoms. The average molecular weight is 386 g/mol. The van der Waals surface area contributed by atoms with E-state index in [9.17, 15) is 9.59 Å². The van der Waals surface area contributed by atoms with E-state index in [1.54, 1.807) is 48.2 Å². The molecule has 1 unspecified atom stereocenters. The van der Waals surface area contributed by atoms with Crippen LogP contribution in [0.15, 0.2) is 52.2 Å². The maximum Gasteiger partial charge on any atom is 0.237 e. The summed E-state index contributed by atoms with van der Waals surface area (Å²) in [5.41, 5.74) is 1.30. The smallest absolute Gasteiger partial charge is 0.237 e. The van der Waals surface area contributed by atoms with Crippen LogP contribution in [-0.4, -0.2) is 37.3 Å². The third-order valence-corrected chi connectivity index (χ3v) is 4.58. The highest BCUT2D eigenvalue weighted by Gasteiger charge is 2.19. The molecular weight excluding hydrogens is 368 g/mol. The lowest BCUT2D eigenvalue weighted by molar-refractivity contribution is -0.115. The minimum Gasteiger partial charge on any atom is -0.467 e. The van der Waals surface area contributed by atoms with Crippen LogP contribution in [0.5, 0.6) is 0 Å². The normalized spacial score (nSPS) is 11.8. The molecule has 1 atom stereocenters. The fourth-order valence-corrected chi connectivity index (χ4v) is 3.01. The number of tetrazole rings is 1. The highest BCUT2D eigenvalue weighted by atomic mass is 32.2. The number of nitrogens with zero attached hydrogens (tertiary/aromatic N) is 4. The second-order valence-electron chi connectivity index (χ2n) is 5.71. The van der Waals surface area contributed by atoms with E-state index in [-0.39, 0.29) is 11.8 Å². The molecule has 1 aromatic carbocycles. The number of nitrogens with one attached hydrogen (secondary N) is 2. The van der Waals surface area contributed by atoms with E-state index in [1.165, 1.54) is 18.7 Å². The van der Waals surface area contributed by atoms with Gasteiger partial charge in [-0.05, 0) is 53.7 Å². The van der Waals surface area contributed by atoms with Crippen LogP contribution in [0, 0.1) is 0 Å². The Labute approximate surface area is 159 Å². The van der Waals surface area contributed by atoms with Crippen LogP contribution in [0.25, 0.3) is 0 Å². The highest BCUT2D eigenvalue weighted by Crippen LogP contribution is 2.22. The van der Waals surface area contributed by atoms with Gasteiger partial charge in [0.15, 0.2) is 0 Å². The van der Waals surface area contributed by atoms with Gasteiger partial charge < -0.3 is 15.1 Å². The molecule has 0 fully saturated rings. The van der Waals surface area contributed by atoms with Crippen LogP contribution < -0.4 is 10.6 Å². The Bertz CT molecular complexity index is 907. The van der Waals surface area contributed by atoms with Crippen molar-refractivity contribution >= 4 is 35.0 Å². The Kier molecular flexibility index (Phi) is 5.87. The third kappa shape index (κ3) is 5.17. The molecule has 10 heteroatoms. The molecule has 0 spiro atoms. The SMILES string of the molecule is CC(=O)Nc1ccc(NC(=O)C(C)Sc2nnnn2Cc2ccco2)cc1. The molecule has 0 saturated heterocycles. The van der Waals surface area contributed by atoms with E-state index in [0.717, 1.165) is 5.76 Å². The number of carbonyl (C=O) groups excluding carboxylic acids is 2. The van der Waals surface area contributed by atoms with Crippen LogP contribution >= 0.6 is 11.8 Å². The van der Waals surface area contributed by atoms with Crippen LogP contribution in [0.2, 0.25) is 0 Å². The minimum atomic E-state index is -0.415. The standard InChI is InChI=1S/C17H18N6O3S/c1-11(16(25)19-14-7-5-13(6-8-14)18-12(2)24)27-17-20-21-22-23(17)10-15-4-3-9-26-15/h3-9,11H,10H2,1-2H3,(H,18,24)(H,19,25). The van der Waals surface area contributed by atoms with Gasteiger partial charge in [0.2, 0.25) is 17.0 Å². The van der Waals surface area contributed by atoms with Crippen LogP contribution in [0.1, 0.15) is 19.6 Å². The molecule has 0 saturated carbocycles. The van der Waals surface area contributed by atoms with Gasteiger partial charge in [-0.1, -0.05) is 11.8 Å². The van der Waals surface area contributed by atoms with E-state index in [2.05, 4.69) is 26.2 Å². The zero-order valence-electron chi connectivity index (χ0n) is 14.7. The van der Waals surface area contributed by atoms with E-state index >= 15 is 0 Å². The van der Waals surface area contributed by atoms with Crippen LogP contribution in [0.3, 0.4) is 0 Å². The number of furan rings is 1. The van der Waals surface area contributed by atoms with Gasteiger partial charge in [-0.3, -0.25) is 9.59 Å². The van der Waals surface area contributed by atoms with E-state index < -0.39 is 5.25 Å². The Morgan fingerprint density at radius 1 is 1.19 bits per heavy atom. The van der Waals surface area contributed by atoms with Gasteiger partial charge >= 0.3 is 0 Å². The Morgan fingerprint density at radius 2 is 1.89 bits per heavy atom. The molecule has 2 amide bonds. The maximum absolute atomic E-state index is 12.4. The zero-order valence-corrected chi connectivity index (χ0v) is 15.6. The first-order valence-corrected chi connectivity index (χ1v) is 9.03. The predicted octanol–water partition coefficient (Wildman–Crippen LogP) is 2.39. The van der Waals surface area contributed by atoms with Crippen molar-refractivity contribution < 1.29 is 14.0 Å². The zero-order chi connectivity index (χ0) is 19.2. The van der Waals surface area contributed by atoms with Crippen molar-refractivity contribution in [3.05, 3.63) is 48.4 Å². The van der Waals surface area contributed by atoms with Crippen LogP contribution in [0.4, 0.5) is 11.4 Å². The van der Waals surface area contributed by atoms with Gasteiger partial charge in [-0.25, -0.2) is 4.68 Å². The summed E-state index contributed by atoms with van der Waals surface area (Å²) in [6.45, 7) is 3.60. The molecule has 0 radical (unpaired) electrons. The van der Waals surface area contributed by atoms with E-state index in [1.807, 2.05) is 6.07 Å². The number of anilines is 2. The minimum absolute atomic E-state index is 0.149. The van der Waals surface area contributed by atoms with Gasteiger partial charge in [0.1, 0.15) is 12.3 Å².